The van der Waals surface area contributed by atoms with E-state index in [0.717, 1.165) is 28.6 Å². The standard InChI is InChI=1S/C10H9BrFNO/c1-14-10-7-5-13-3-2-6(7)8(11)4-9(10)12/h4-5H,2-3H2,1H3. The first-order valence-corrected chi connectivity index (χ1v) is 5.08. The lowest BCUT2D eigenvalue weighted by atomic mass is 10.0. The van der Waals surface area contributed by atoms with E-state index in [0.29, 0.717) is 0 Å². The molecule has 0 saturated heterocycles. The molecule has 4 heteroatoms. The van der Waals surface area contributed by atoms with Crippen LogP contribution in [-0.4, -0.2) is 19.9 Å². The highest BCUT2D eigenvalue weighted by atomic mass is 79.9. The summed E-state index contributed by atoms with van der Waals surface area (Å²) in [6.07, 6.45) is 2.49. The number of aliphatic imine (C=N–C) groups is 1. The van der Waals surface area contributed by atoms with Crippen molar-refractivity contribution in [2.45, 2.75) is 6.42 Å². The second kappa shape index (κ2) is 3.69. The van der Waals surface area contributed by atoms with E-state index in [2.05, 4.69) is 20.9 Å². The zero-order chi connectivity index (χ0) is 10.1. The Morgan fingerprint density at radius 2 is 2.36 bits per heavy atom. The molecule has 2 rings (SSSR count). The molecule has 1 aromatic rings. The van der Waals surface area contributed by atoms with Crippen LogP contribution in [0, 0.1) is 5.82 Å². The minimum Gasteiger partial charge on any atom is -0.493 e. The Balaban J connectivity index is 2.69. The molecule has 0 unspecified atom stereocenters. The van der Waals surface area contributed by atoms with Crippen molar-refractivity contribution in [3.8, 4) is 5.75 Å². The topological polar surface area (TPSA) is 21.6 Å². The van der Waals surface area contributed by atoms with E-state index in [9.17, 15) is 4.39 Å². The Morgan fingerprint density at radius 1 is 1.57 bits per heavy atom. The Bertz CT molecular complexity index is 404. The zero-order valence-electron chi connectivity index (χ0n) is 7.68. The Morgan fingerprint density at radius 3 is 3.07 bits per heavy atom. The van der Waals surface area contributed by atoms with Crippen LogP contribution in [0.3, 0.4) is 0 Å². The number of fused-ring (bicyclic) bond motifs is 1. The van der Waals surface area contributed by atoms with E-state index < -0.39 is 0 Å². The number of methoxy groups -OCH3 is 1. The lowest BCUT2D eigenvalue weighted by Gasteiger charge is -2.15. The highest BCUT2D eigenvalue weighted by Gasteiger charge is 2.18. The summed E-state index contributed by atoms with van der Waals surface area (Å²) in [5.41, 5.74) is 1.82. The molecule has 0 fully saturated rings. The van der Waals surface area contributed by atoms with Gasteiger partial charge in [-0.3, -0.25) is 4.99 Å². The summed E-state index contributed by atoms with van der Waals surface area (Å²) in [5, 5.41) is 0. The summed E-state index contributed by atoms with van der Waals surface area (Å²) in [4.78, 5) is 4.12. The summed E-state index contributed by atoms with van der Waals surface area (Å²) in [7, 11) is 1.47. The van der Waals surface area contributed by atoms with Crippen LogP contribution in [0.15, 0.2) is 15.5 Å². The van der Waals surface area contributed by atoms with Gasteiger partial charge >= 0.3 is 0 Å². The number of nitrogens with zero attached hydrogens (tertiary/aromatic N) is 1. The van der Waals surface area contributed by atoms with E-state index in [4.69, 9.17) is 4.74 Å². The Labute approximate surface area is 89.9 Å². The van der Waals surface area contributed by atoms with Crippen LogP contribution in [0.5, 0.6) is 5.75 Å². The molecule has 74 valence electrons. The summed E-state index contributed by atoms with van der Waals surface area (Å²) in [5.74, 6) is -0.0712. The van der Waals surface area contributed by atoms with Crippen molar-refractivity contribution in [1.29, 1.82) is 0 Å². The van der Waals surface area contributed by atoms with Crippen LogP contribution in [0.25, 0.3) is 0 Å². The molecule has 2 nitrogen and oxygen atoms in total. The van der Waals surface area contributed by atoms with Gasteiger partial charge in [-0.2, -0.15) is 0 Å². The first kappa shape index (κ1) is 9.65. The lowest BCUT2D eigenvalue weighted by Crippen LogP contribution is -2.07. The third-order valence-electron chi connectivity index (χ3n) is 2.24. The monoisotopic (exact) mass is 257 g/mol. The van der Waals surface area contributed by atoms with Gasteiger partial charge in [-0.05, 0) is 18.1 Å². The molecule has 0 bridgehead atoms. The third kappa shape index (κ3) is 1.43. The first-order valence-electron chi connectivity index (χ1n) is 4.28. The molecule has 14 heavy (non-hydrogen) atoms. The summed E-state index contributed by atoms with van der Waals surface area (Å²) in [6, 6.07) is 1.44. The number of rotatable bonds is 1. The van der Waals surface area contributed by atoms with Gasteiger partial charge in [-0.25, -0.2) is 4.39 Å². The Kier molecular flexibility index (Phi) is 2.54. The average Bonchev–Trinajstić information content (AvgIpc) is 2.18. The molecular weight excluding hydrogens is 249 g/mol. The molecule has 0 saturated carbocycles. The van der Waals surface area contributed by atoms with E-state index in [-0.39, 0.29) is 11.6 Å². The second-order valence-electron chi connectivity index (χ2n) is 3.05. The van der Waals surface area contributed by atoms with Crippen molar-refractivity contribution in [3.05, 3.63) is 27.5 Å². The van der Waals surface area contributed by atoms with Gasteiger partial charge in [-0.15, -0.1) is 0 Å². The van der Waals surface area contributed by atoms with Crippen molar-refractivity contribution in [1.82, 2.24) is 0 Å². The van der Waals surface area contributed by atoms with Crippen LogP contribution in [0.1, 0.15) is 11.1 Å². The zero-order valence-corrected chi connectivity index (χ0v) is 9.27. The van der Waals surface area contributed by atoms with Crippen molar-refractivity contribution in [3.63, 3.8) is 0 Å². The van der Waals surface area contributed by atoms with Crippen LogP contribution in [-0.2, 0) is 6.42 Å². The molecule has 1 heterocycles. The molecule has 0 aromatic heterocycles. The van der Waals surface area contributed by atoms with Crippen molar-refractivity contribution < 1.29 is 9.13 Å². The number of benzene rings is 1. The van der Waals surface area contributed by atoms with Gasteiger partial charge in [0.1, 0.15) is 0 Å². The van der Waals surface area contributed by atoms with Crippen LogP contribution in [0.2, 0.25) is 0 Å². The molecule has 1 aromatic carbocycles. The largest absolute Gasteiger partial charge is 0.493 e. The van der Waals surface area contributed by atoms with E-state index in [1.165, 1.54) is 13.2 Å². The number of hydrogen-bond acceptors (Lipinski definition) is 2. The highest BCUT2D eigenvalue weighted by molar-refractivity contribution is 9.10. The van der Waals surface area contributed by atoms with Crippen molar-refractivity contribution >= 4 is 22.1 Å². The minimum absolute atomic E-state index is 0.284. The van der Waals surface area contributed by atoms with Gasteiger partial charge in [0.15, 0.2) is 11.6 Å². The maximum Gasteiger partial charge on any atom is 0.166 e. The molecule has 0 N–H and O–H groups in total. The fourth-order valence-corrected chi connectivity index (χ4v) is 2.20. The maximum atomic E-state index is 13.4. The summed E-state index contributed by atoms with van der Waals surface area (Å²) < 4.78 is 19.2. The van der Waals surface area contributed by atoms with Gasteiger partial charge < -0.3 is 4.74 Å². The normalized spacial score (nSPS) is 13.9. The van der Waals surface area contributed by atoms with Gasteiger partial charge in [-0.1, -0.05) is 15.9 Å². The maximum absolute atomic E-state index is 13.4. The van der Waals surface area contributed by atoms with Crippen LogP contribution >= 0.6 is 15.9 Å². The second-order valence-corrected chi connectivity index (χ2v) is 3.91. The van der Waals surface area contributed by atoms with E-state index >= 15 is 0 Å². The third-order valence-corrected chi connectivity index (χ3v) is 2.95. The minimum atomic E-state index is -0.355. The number of halogens is 2. The average molecular weight is 258 g/mol. The molecule has 0 atom stereocenters. The predicted octanol–water partition coefficient (Wildman–Crippen LogP) is 2.57. The molecule has 1 aliphatic heterocycles. The predicted molar refractivity (Wildman–Crippen MR) is 56.8 cm³/mol. The fourth-order valence-electron chi connectivity index (χ4n) is 1.59. The first-order chi connectivity index (χ1) is 6.74. The molecule has 0 aliphatic carbocycles. The van der Waals surface area contributed by atoms with E-state index in [1.807, 2.05) is 0 Å². The quantitative estimate of drug-likeness (QED) is 0.758. The summed E-state index contributed by atoms with van der Waals surface area (Å²) in [6.45, 7) is 0.750. The molecule has 0 radical (unpaired) electrons. The van der Waals surface area contributed by atoms with Crippen molar-refractivity contribution in [2.75, 3.05) is 13.7 Å². The van der Waals surface area contributed by atoms with Crippen LogP contribution in [0.4, 0.5) is 4.39 Å². The van der Waals surface area contributed by atoms with Gasteiger partial charge in [0.2, 0.25) is 0 Å². The lowest BCUT2D eigenvalue weighted by molar-refractivity contribution is 0.385. The van der Waals surface area contributed by atoms with Crippen molar-refractivity contribution in [2.24, 2.45) is 4.99 Å². The summed E-state index contributed by atoms with van der Waals surface area (Å²) >= 11 is 3.34. The highest BCUT2D eigenvalue weighted by Crippen LogP contribution is 2.32. The molecule has 1 aliphatic rings. The van der Waals surface area contributed by atoms with E-state index in [1.54, 1.807) is 6.21 Å². The van der Waals surface area contributed by atoms with Gasteiger partial charge in [0.25, 0.3) is 0 Å². The molecule has 0 amide bonds. The fraction of sp³-hybridized carbons (Fsp3) is 0.300. The Hall–Kier alpha value is -0.900. The van der Waals surface area contributed by atoms with Crippen LogP contribution < -0.4 is 4.74 Å². The SMILES string of the molecule is COc1c(F)cc(Br)c2c1C=NCC2. The smallest absolute Gasteiger partial charge is 0.166 e. The van der Waals surface area contributed by atoms with Gasteiger partial charge in [0.05, 0.1) is 7.11 Å². The molecule has 0 spiro atoms. The van der Waals surface area contributed by atoms with Gasteiger partial charge in [0, 0.05) is 22.8 Å². The molecular formula is C10H9BrFNO. The number of ether oxygens (including phenoxy) is 1. The number of hydrogen-bond donors (Lipinski definition) is 0.